The molecular weight excluding hydrogens is 206 g/mol. The lowest BCUT2D eigenvalue weighted by Crippen LogP contribution is -2.41. The Morgan fingerprint density at radius 3 is 2.75 bits per heavy atom. The Bertz CT molecular complexity index is 251. The molecule has 2 aliphatic heterocycles. The average molecular weight is 227 g/mol. The summed E-state index contributed by atoms with van der Waals surface area (Å²) in [6.07, 6.45) is 3.02. The molecule has 4 heteroatoms. The highest BCUT2D eigenvalue weighted by molar-refractivity contribution is 5.79. The second-order valence-corrected chi connectivity index (χ2v) is 4.83. The lowest BCUT2D eigenvalue weighted by Gasteiger charge is -2.30. The van der Waals surface area contributed by atoms with Gasteiger partial charge in [-0.05, 0) is 25.7 Å². The molecule has 1 amide bonds. The normalized spacial score (nSPS) is 32.0. The van der Waals surface area contributed by atoms with Gasteiger partial charge in [-0.15, -0.1) is 0 Å². The van der Waals surface area contributed by atoms with Crippen molar-refractivity contribution < 1.29 is 14.6 Å². The average Bonchev–Trinajstić information content (AvgIpc) is 2.70. The second kappa shape index (κ2) is 5.15. The van der Waals surface area contributed by atoms with Gasteiger partial charge in [0.05, 0.1) is 6.10 Å². The highest BCUT2D eigenvalue weighted by Crippen LogP contribution is 2.26. The summed E-state index contributed by atoms with van der Waals surface area (Å²) in [6, 6.07) is 0.241. The first-order valence-electron chi connectivity index (χ1n) is 6.28. The third kappa shape index (κ3) is 2.38. The lowest BCUT2D eigenvalue weighted by atomic mass is 9.98. The van der Waals surface area contributed by atoms with Gasteiger partial charge in [0.1, 0.15) is 0 Å². The fraction of sp³-hybridized carbons (Fsp3) is 0.917. The van der Waals surface area contributed by atoms with Gasteiger partial charge in [-0.2, -0.15) is 0 Å². The first-order valence-corrected chi connectivity index (χ1v) is 6.28. The van der Waals surface area contributed by atoms with Gasteiger partial charge in [0, 0.05) is 31.7 Å². The van der Waals surface area contributed by atoms with E-state index < -0.39 is 0 Å². The van der Waals surface area contributed by atoms with Crippen molar-refractivity contribution in [3.05, 3.63) is 0 Å². The Hall–Kier alpha value is -0.610. The number of nitrogens with zero attached hydrogens (tertiary/aromatic N) is 1. The number of ether oxygens (including phenoxy) is 1. The quantitative estimate of drug-likeness (QED) is 0.758. The van der Waals surface area contributed by atoms with Crippen molar-refractivity contribution in [1.82, 2.24) is 4.90 Å². The molecule has 16 heavy (non-hydrogen) atoms. The van der Waals surface area contributed by atoms with Crippen LogP contribution in [0.4, 0.5) is 0 Å². The molecule has 4 nitrogen and oxygen atoms in total. The number of likely N-dealkylation sites (tertiary alicyclic amines) is 1. The van der Waals surface area contributed by atoms with Crippen LogP contribution in [0.2, 0.25) is 0 Å². The van der Waals surface area contributed by atoms with Gasteiger partial charge >= 0.3 is 0 Å². The van der Waals surface area contributed by atoms with Crippen LogP contribution in [0.1, 0.15) is 32.6 Å². The van der Waals surface area contributed by atoms with Gasteiger partial charge in [-0.1, -0.05) is 6.92 Å². The molecule has 0 radical (unpaired) electrons. The smallest absolute Gasteiger partial charge is 0.226 e. The van der Waals surface area contributed by atoms with Crippen molar-refractivity contribution in [1.29, 1.82) is 0 Å². The molecule has 2 saturated heterocycles. The number of hydrogen-bond acceptors (Lipinski definition) is 3. The first-order chi connectivity index (χ1) is 7.72. The Kier molecular flexibility index (Phi) is 3.82. The van der Waals surface area contributed by atoms with E-state index in [4.69, 9.17) is 4.74 Å². The van der Waals surface area contributed by atoms with Crippen molar-refractivity contribution in [3.8, 4) is 0 Å². The maximum atomic E-state index is 12.3. The lowest BCUT2D eigenvalue weighted by molar-refractivity contribution is -0.139. The Morgan fingerprint density at radius 1 is 1.44 bits per heavy atom. The molecule has 2 aliphatic rings. The zero-order chi connectivity index (χ0) is 11.5. The van der Waals surface area contributed by atoms with Crippen molar-refractivity contribution in [2.75, 3.05) is 19.8 Å². The SMILES string of the molecule is CC[C@H]1C[C@H](O)CN1C(=O)C1CCOCC1. The van der Waals surface area contributed by atoms with Gasteiger partial charge in [0.15, 0.2) is 0 Å². The molecule has 0 unspecified atom stereocenters. The molecule has 0 spiro atoms. The van der Waals surface area contributed by atoms with E-state index in [0.717, 1.165) is 25.7 Å². The second-order valence-electron chi connectivity index (χ2n) is 4.83. The number of β-amino-alcohol motifs (C(OH)–C–C–N with tert-alkyl or cyclic N) is 1. The molecule has 0 aromatic heterocycles. The van der Waals surface area contributed by atoms with Crippen LogP contribution in [0.25, 0.3) is 0 Å². The van der Waals surface area contributed by atoms with Crippen LogP contribution >= 0.6 is 0 Å². The number of aliphatic hydroxyl groups excluding tert-OH is 1. The fourth-order valence-electron chi connectivity index (χ4n) is 2.73. The van der Waals surface area contributed by atoms with Crippen LogP contribution in [0.3, 0.4) is 0 Å². The molecule has 2 heterocycles. The van der Waals surface area contributed by atoms with Gasteiger partial charge in [-0.25, -0.2) is 0 Å². The molecule has 1 N–H and O–H groups in total. The third-order valence-electron chi connectivity index (χ3n) is 3.72. The van der Waals surface area contributed by atoms with Crippen molar-refractivity contribution in [2.45, 2.75) is 44.8 Å². The van der Waals surface area contributed by atoms with Gasteiger partial charge in [0.2, 0.25) is 5.91 Å². The zero-order valence-electron chi connectivity index (χ0n) is 9.89. The summed E-state index contributed by atoms with van der Waals surface area (Å²) in [5.74, 6) is 0.347. The highest BCUT2D eigenvalue weighted by atomic mass is 16.5. The van der Waals surface area contributed by atoms with Crippen molar-refractivity contribution >= 4 is 5.91 Å². The van der Waals surface area contributed by atoms with E-state index in [1.54, 1.807) is 0 Å². The van der Waals surface area contributed by atoms with E-state index in [1.807, 2.05) is 4.90 Å². The Labute approximate surface area is 96.6 Å². The summed E-state index contributed by atoms with van der Waals surface area (Å²) in [6.45, 7) is 3.99. The molecule has 0 bridgehead atoms. The van der Waals surface area contributed by atoms with Crippen LogP contribution in [0, 0.1) is 5.92 Å². The summed E-state index contributed by atoms with van der Waals surface area (Å²) in [5, 5.41) is 9.63. The minimum absolute atomic E-state index is 0.119. The Morgan fingerprint density at radius 2 is 2.12 bits per heavy atom. The highest BCUT2D eigenvalue weighted by Gasteiger charge is 2.36. The summed E-state index contributed by atoms with van der Waals surface area (Å²) >= 11 is 0. The third-order valence-corrected chi connectivity index (χ3v) is 3.72. The maximum absolute atomic E-state index is 12.3. The molecule has 0 aromatic rings. The summed E-state index contributed by atoms with van der Waals surface area (Å²) < 4.78 is 5.27. The van der Waals surface area contributed by atoms with Crippen LogP contribution in [0.5, 0.6) is 0 Å². The van der Waals surface area contributed by atoms with E-state index >= 15 is 0 Å². The van der Waals surface area contributed by atoms with Gasteiger partial charge < -0.3 is 14.7 Å². The molecule has 2 rings (SSSR count). The first kappa shape index (κ1) is 11.9. The van der Waals surface area contributed by atoms with Gasteiger partial charge in [-0.3, -0.25) is 4.79 Å². The minimum atomic E-state index is -0.325. The number of aliphatic hydroxyl groups is 1. The zero-order valence-corrected chi connectivity index (χ0v) is 9.89. The minimum Gasteiger partial charge on any atom is -0.391 e. The molecule has 92 valence electrons. The van der Waals surface area contributed by atoms with Crippen LogP contribution < -0.4 is 0 Å². The summed E-state index contributed by atoms with van der Waals surface area (Å²) in [7, 11) is 0. The van der Waals surface area contributed by atoms with E-state index in [1.165, 1.54) is 0 Å². The molecular formula is C12H21NO3. The number of carbonyl (C=O) groups is 1. The van der Waals surface area contributed by atoms with Gasteiger partial charge in [0.25, 0.3) is 0 Å². The van der Waals surface area contributed by atoms with Crippen molar-refractivity contribution in [3.63, 3.8) is 0 Å². The van der Waals surface area contributed by atoms with Crippen molar-refractivity contribution in [2.24, 2.45) is 5.92 Å². The van der Waals surface area contributed by atoms with Crippen LogP contribution in [-0.2, 0) is 9.53 Å². The number of amides is 1. The summed E-state index contributed by atoms with van der Waals surface area (Å²) in [4.78, 5) is 14.2. The predicted octanol–water partition coefficient (Wildman–Crippen LogP) is 0.785. The van der Waals surface area contributed by atoms with Crippen LogP contribution in [-0.4, -0.2) is 47.8 Å². The largest absolute Gasteiger partial charge is 0.391 e. The predicted molar refractivity (Wildman–Crippen MR) is 60.0 cm³/mol. The molecule has 0 aromatic carbocycles. The number of carbonyl (C=O) groups excluding carboxylic acids is 1. The standard InChI is InChI=1S/C12H21NO3/c1-2-10-7-11(14)8-13(10)12(15)9-3-5-16-6-4-9/h9-11,14H,2-8H2,1H3/t10-,11-/m0/s1. The molecule has 0 aliphatic carbocycles. The topological polar surface area (TPSA) is 49.8 Å². The van der Waals surface area contributed by atoms with E-state index in [0.29, 0.717) is 19.8 Å². The van der Waals surface area contributed by atoms with E-state index in [9.17, 15) is 9.90 Å². The van der Waals surface area contributed by atoms with E-state index in [2.05, 4.69) is 6.92 Å². The number of hydrogen-bond donors (Lipinski definition) is 1. The fourth-order valence-corrected chi connectivity index (χ4v) is 2.73. The van der Waals surface area contributed by atoms with E-state index in [-0.39, 0.29) is 24.0 Å². The molecule has 0 saturated carbocycles. The monoisotopic (exact) mass is 227 g/mol. The molecule has 2 fully saturated rings. The molecule has 2 atom stereocenters. The maximum Gasteiger partial charge on any atom is 0.226 e. The summed E-state index contributed by atoms with van der Waals surface area (Å²) in [5.41, 5.74) is 0. The van der Waals surface area contributed by atoms with Crippen LogP contribution in [0.15, 0.2) is 0 Å². The Balaban J connectivity index is 1.97. The number of rotatable bonds is 2.